The molecule has 0 aliphatic rings. The first-order chi connectivity index (χ1) is 8.13. The van der Waals surface area contributed by atoms with E-state index in [2.05, 4.69) is 4.98 Å². The number of hydrogen-bond acceptors (Lipinski definition) is 2. The molecule has 1 aromatic carbocycles. The van der Waals surface area contributed by atoms with Crippen molar-refractivity contribution in [2.45, 2.75) is 20.3 Å². The zero-order valence-corrected chi connectivity index (χ0v) is 9.84. The monoisotopic (exact) mass is 230 g/mol. The lowest BCUT2D eigenvalue weighted by atomic mass is 10.1. The topological polar surface area (TPSA) is 55.1 Å². The van der Waals surface area contributed by atoms with Gasteiger partial charge >= 0.3 is 5.97 Å². The lowest BCUT2D eigenvalue weighted by Crippen LogP contribution is -2.07. The molecule has 1 N–H and O–H groups in total. The highest BCUT2D eigenvalue weighted by molar-refractivity contribution is 5.92. The van der Waals surface area contributed by atoms with E-state index in [1.807, 2.05) is 30.5 Å². The summed E-state index contributed by atoms with van der Waals surface area (Å²) in [5.74, 6) is -0.0594. The number of nitrogens with zero attached hydrogens (tertiary/aromatic N) is 2. The molecule has 0 saturated carbocycles. The zero-order chi connectivity index (χ0) is 12.4. The Labute approximate surface area is 99.5 Å². The highest BCUT2D eigenvalue weighted by Crippen LogP contribution is 2.18. The Kier molecular flexibility index (Phi) is 2.95. The maximum Gasteiger partial charge on any atom is 0.337 e. The van der Waals surface area contributed by atoms with Crippen molar-refractivity contribution in [1.29, 1.82) is 0 Å². The summed E-state index contributed by atoms with van der Waals surface area (Å²) >= 11 is 0. The van der Waals surface area contributed by atoms with Crippen LogP contribution in [0, 0.1) is 6.92 Å². The van der Waals surface area contributed by atoms with Crippen molar-refractivity contribution in [3.05, 3.63) is 47.5 Å². The molecule has 2 aromatic rings. The number of carboxylic acids is 1. The average molecular weight is 230 g/mol. The number of aromatic carboxylic acids is 1. The van der Waals surface area contributed by atoms with Gasteiger partial charge in [-0.3, -0.25) is 0 Å². The van der Waals surface area contributed by atoms with E-state index in [1.54, 1.807) is 18.5 Å². The summed E-state index contributed by atoms with van der Waals surface area (Å²) in [5.41, 5.74) is 1.90. The van der Waals surface area contributed by atoms with Gasteiger partial charge in [-0.15, -0.1) is 0 Å². The van der Waals surface area contributed by atoms with Crippen LogP contribution >= 0.6 is 0 Å². The van der Waals surface area contributed by atoms with Crippen LogP contribution in [0.5, 0.6) is 0 Å². The largest absolute Gasteiger partial charge is 0.478 e. The fourth-order valence-corrected chi connectivity index (χ4v) is 1.85. The van der Waals surface area contributed by atoms with Crippen molar-refractivity contribution in [3.8, 4) is 5.69 Å². The van der Waals surface area contributed by atoms with E-state index in [0.29, 0.717) is 11.3 Å². The molecule has 4 heteroatoms. The Balaban J connectivity index is 2.63. The number of imidazole rings is 1. The van der Waals surface area contributed by atoms with Gasteiger partial charge in [-0.2, -0.15) is 0 Å². The Hall–Kier alpha value is -2.10. The smallest absolute Gasteiger partial charge is 0.337 e. The highest BCUT2D eigenvalue weighted by atomic mass is 16.4. The van der Waals surface area contributed by atoms with Gasteiger partial charge in [0.25, 0.3) is 0 Å². The van der Waals surface area contributed by atoms with Crippen LogP contribution in [0.25, 0.3) is 5.69 Å². The predicted octanol–water partition coefficient (Wildman–Crippen LogP) is 2.44. The van der Waals surface area contributed by atoms with E-state index < -0.39 is 5.97 Å². The number of rotatable bonds is 3. The van der Waals surface area contributed by atoms with Crippen LogP contribution in [0.1, 0.15) is 28.7 Å². The van der Waals surface area contributed by atoms with Gasteiger partial charge in [0.2, 0.25) is 0 Å². The quantitative estimate of drug-likeness (QED) is 0.881. The molecule has 1 aromatic heterocycles. The minimum Gasteiger partial charge on any atom is -0.478 e. The van der Waals surface area contributed by atoms with Crippen molar-refractivity contribution in [2.24, 2.45) is 0 Å². The van der Waals surface area contributed by atoms with E-state index in [0.717, 1.165) is 17.8 Å². The minimum absolute atomic E-state index is 0.303. The van der Waals surface area contributed by atoms with Crippen molar-refractivity contribution in [1.82, 2.24) is 9.55 Å². The lowest BCUT2D eigenvalue weighted by molar-refractivity contribution is 0.0697. The Morgan fingerprint density at radius 2 is 2.24 bits per heavy atom. The van der Waals surface area contributed by atoms with Gasteiger partial charge in [0.05, 0.1) is 11.3 Å². The zero-order valence-electron chi connectivity index (χ0n) is 9.84. The molecule has 17 heavy (non-hydrogen) atoms. The summed E-state index contributed by atoms with van der Waals surface area (Å²) in [5, 5.41) is 9.22. The molecule has 0 spiro atoms. The molecule has 88 valence electrons. The summed E-state index contributed by atoms with van der Waals surface area (Å²) in [6.07, 6.45) is 4.24. The summed E-state index contributed by atoms with van der Waals surface area (Å²) in [6.45, 7) is 3.87. The normalized spacial score (nSPS) is 10.5. The molecule has 0 aliphatic carbocycles. The second-order valence-corrected chi connectivity index (χ2v) is 3.89. The molecule has 0 amide bonds. The van der Waals surface area contributed by atoms with E-state index in [4.69, 9.17) is 0 Å². The summed E-state index contributed by atoms with van der Waals surface area (Å²) < 4.78 is 1.82. The molecule has 0 bridgehead atoms. The van der Waals surface area contributed by atoms with Crippen LogP contribution in [0.3, 0.4) is 0 Å². The molecular formula is C13H14N2O2. The first kappa shape index (κ1) is 11.4. The van der Waals surface area contributed by atoms with Crippen molar-refractivity contribution in [3.63, 3.8) is 0 Å². The van der Waals surface area contributed by atoms with Crippen LogP contribution in [0.15, 0.2) is 30.6 Å². The number of aromatic nitrogens is 2. The number of carbonyl (C=O) groups is 1. The number of hydrogen-bond donors (Lipinski definition) is 1. The molecule has 0 radical (unpaired) electrons. The summed E-state index contributed by atoms with van der Waals surface area (Å²) in [7, 11) is 0. The highest BCUT2D eigenvalue weighted by Gasteiger charge is 2.13. The van der Waals surface area contributed by atoms with E-state index >= 15 is 0 Å². The molecule has 2 rings (SSSR count). The van der Waals surface area contributed by atoms with Gasteiger partial charge in [-0.25, -0.2) is 9.78 Å². The first-order valence-electron chi connectivity index (χ1n) is 5.50. The minimum atomic E-state index is -0.917. The van der Waals surface area contributed by atoms with Crippen molar-refractivity contribution in [2.75, 3.05) is 0 Å². The van der Waals surface area contributed by atoms with Crippen molar-refractivity contribution < 1.29 is 9.90 Å². The first-order valence-corrected chi connectivity index (χ1v) is 5.50. The van der Waals surface area contributed by atoms with Gasteiger partial charge in [0, 0.05) is 18.8 Å². The van der Waals surface area contributed by atoms with E-state index in [1.165, 1.54) is 0 Å². The predicted molar refractivity (Wildman–Crippen MR) is 64.6 cm³/mol. The summed E-state index contributed by atoms with van der Waals surface area (Å²) in [4.78, 5) is 15.4. The molecule has 4 nitrogen and oxygen atoms in total. The molecule has 1 heterocycles. The van der Waals surface area contributed by atoms with Crippen LogP contribution in [-0.4, -0.2) is 20.6 Å². The maximum atomic E-state index is 11.2. The van der Waals surface area contributed by atoms with Crippen molar-refractivity contribution >= 4 is 5.97 Å². The van der Waals surface area contributed by atoms with Gasteiger partial charge in [0.15, 0.2) is 0 Å². The maximum absolute atomic E-state index is 11.2. The van der Waals surface area contributed by atoms with Crippen LogP contribution < -0.4 is 0 Å². The summed E-state index contributed by atoms with van der Waals surface area (Å²) in [6, 6.07) is 5.40. The fourth-order valence-electron chi connectivity index (χ4n) is 1.85. The van der Waals surface area contributed by atoms with E-state index in [9.17, 15) is 9.90 Å². The second kappa shape index (κ2) is 4.41. The number of carboxylic acid groups (broad SMARTS) is 1. The second-order valence-electron chi connectivity index (χ2n) is 3.89. The molecule has 0 saturated heterocycles. The van der Waals surface area contributed by atoms with Crippen LogP contribution in [0.4, 0.5) is 0 Å². The van der Waals surface area contributed by atoms with Gasteiger partial charge in [0.1, 0.15) is 5.82 Å². The number of benzene rings is 1. The fraction of sp³-hybridized carbons (Fsp3) is 0.231. The third-order valence-electron chi connectivity index (χ3n) is 2.68. The lowest BCUT2D eigenvalue weighted by Gasteiger charge is -2.10. The van der Waals surface area contributed by atoms with Crippen LogP contribution in [-0.2, 0) is 6.42 Å². The van der Waals surface area contributed by atoms with Gasteiger partial charge < -0.3 is 9.67 Å². The van der Waals surface area contributed by atoms with Gasteiger partial charge in [-0.1, -0.05) is 18.6 Å². The number of aryl methyl sites for hydroxylation is 2. The Morgan fingerprint density at radius 3 is 2.88 bits per heavy atom. The molecular weight excluding hydrogens is 216 g/mol. The third-order valence-corrected chi connectivity index (χ3v) is 2.68. The average Bonchev–Trinajstić information content (AvgIpc) is 2.76. The van der Waals surface area contributed by atoms with Crippen LogP contribution in [0.2, 0.25) is 0 Å². The van der Waals surface area contributed by atoms with Gasteiger partial charge in [-0.05, 0) is 19.1 Å². The molecule has 0 atom stereocenters. The SMILES string of the molecule is CCc1nccn1-c1ccc(C)cc1C(=O)O. The molecule has 0 aliphatic heterocycles. The Morgan fingerprint density at radius 1 is 1.47 bits per heavy atom. The van der Waals surface area contributed by atoms with E-state index in [-0.39, 0.29) is 0 Å². The third kappa shape index (κ3) is 2.06. The standard InChI is InChI=1S/C13H14N2O2/c1-3-12-14-6-7-15(12)11-5-4-9(2)8-10(11)13(16)17/h4-8H,3H2,1-2H3,(H,16,17). The molecule has 0 fully saturated rings. The Bertz CT molecular complexity index is 558. The molecule has 0 unspecified atom stereocenters.